The van der Waals surface area contributed by atoms with E-state index >= 15 is 0 Å². The van der Waals surface area contributed by atoms with Gasteiger partial charge in [-0.25, -0.2) is 0 Å². The third-order valence-corrected chi connectivity index (χ3v) is 8.60. The molecule has 0 unspecified atom stereocenters. The summed E-state index contributed by atoms with van der Waals surface area (Å²) < 4.78 is 16.4. The molecule has 0 bridgehead atoms. The Kier molecular flexibility index (Phi) is 20.9. The standard InChI is InChI=1S/C23H50O3Si/c1-5-6-7-8-9-10-11-12-13-14-15-16-17-18-19-20-21-22-23-27(24-2,25-3)26-4/h5-23H2,1-4H3. The summed E-state index contributed by atoms with van der Waals surface area (Å²) in [6.45, 7) is 2.29. The Balaban J connectivity index is 3.19. The molecule has 0 aromatic carbocycles. The summed E-state index contributed by atoms with van der Waals surface area (Å²) in [5.41, 5.74) is 0. The van der Waals surface area contributed by atoms with Gasteiger partial charge < -0.3 is 13.3 Å². The fourth-order valence-electron chi connectivity index (χ4n) is 3.80. The van der Waals surface area contributed by atoms with Crippen LogP contribution in [0, 0.1) is 0 Å². The average Bonchev–Trinajstić information content (AvgIpc) is 2.70. The highest BCUT2D eigenvalue weighted by molar-refractivity contribution is 6.60. The molecule has 0 aromatic heterocycles. The second kappa shape index (κ2) is 20.8. The van der Waals surface area contributed by atoms with Crippen LogP contribution in [0.2, 0.25) is 6.04 Å². The highest BCUT2D eigenvalue weighted by atomic mass is 28.4. The number of hydrogen-bond acceptors (Lipinski definition) is 3. The van der Waals surface area contributed by atoms with Crippen molar-refractivity contribution in [3.05, 3.63) is 0 Å². The van der Waals surface area contributed by atoms with Gasteiger partial charge in [0.05, 0.1) is 0 Å². The molecule has 0 saturated heterocycles. The summed E-state index contributed by atoms with van der Waals surface area (Å²) in [6.07, 6.45) is 25.3. The van der Waals surface area contributed by atoms with Crippen LogP contribution in [0.5, 0.6) is 0 Å². The van der Waals surface area contributed by atoms with Crippen LogP contribution in [0.4, 0.5) is 0 Å². The van der Waals surface area contributed by atoms with Gasteiger partial charge in [0.2, 0.25) is 0 Å². The van der Waals surface area contributed by atoms with Crippen LogP contribution >= 0.6 is 0 Å². The monoisotopic (exact) mass is 402 g/mol. The molecule has 27 heavy (non-hydrogen) atoms. The fraction of sp³-hybridized carbons (Fsp3) is 1.00. The third-order valence-electron chi connectivity index (χ3n) is 5.77. The minimum atomic E-state index is -2.33. The Morgan fingerprint density at radius 1 is 0.407 bits per heavy atom. The van der Waals surface area contributed by atoms with Crippen LogP contribution in [-0.4, -0.2) is 30.1 Å². The van der Waals surface area contributed by atoms with E-state index in [1.54, 1.807) is 21.3 Å². The maximum atomic E-state index is 5.46. The molecule has 0 atom stereocenters. The Morgan fingerprint density at radius 3 is 0.926 bits per heavy atom. The van der Waals surface area contributed by atoms with Crippen molar-refractivity contribution in [2.24, 2.45) is 0 Å². The first-order valence-electron chi connectivity index (χ1n) is 11.9. The van der Waals surface area contributed by atoms with Crippen LogP contribution in [0.3, 0.4) is 0 Å². The first kappa shape index (κ1) is 27.1. The molecule has 4 heteroatoms. The molecule has 0 radical (unpaired) electrons. The zero-order valence-electron chi connectivity index (χ0n) is 19.2. The normalized spacial score (nSPS) is 12.0. The molecule has 0 N–H and O–H groups in total. The zero-order chi connectivity index (χ0) is 20.1. The van der Waals surface area contributed by atoms with Crippen molar-refractivity contribution in [1.82, 2.24) is 0 Å². The van der Waals surface area contributed by atoms with E-state index in [-0.39, 0.29) is 0 Å². The summed E-state index contributed by atoms with van der Waals surface area (Å²) >= 11 is 0. The van der Waals surface area contributed by atoms with Gasteiger partial charge in [0.1, 0.15) is 0 Å². The predicted octanol–water partition coefficient (Wildman–Crippen LogP) is 7.91. The van der Waals surface area contributed by atoms with Gasteiger partial charge in [0, 0.05) is 27.4 Å². The minimum Gasteiger partial charge on any atom is -0.377 e. The van der Waals surface area contributed by atoms with E-state index in [2.05, 4.69) is 6.92 Å². The molecular formula is C23H50O3Si. The first-order valence-corrected chi connectivity index (χ1v) is 13.8. The predicted molar refractivity (Wildman–Crippen MR) is 120 cm³/mol. The topological polar surface area (TPSA) is 27.7 Å². The van der Waals surface area contributed by atoms with Crippen molar-refractivity contribution in [3.8, 4) is 0 Å². The molecule has 164 valence electrons. The first-order chi connectivity index (χ1) is 13.2. The van der Waals surface area contributed by atoms with Crippen molar-refractivity contribution in [2.45, 2.75) is 129 Å². The van der Waals surface area contributed by atoms with Crippen molar-refractivity contribution in [3.63, 3.8) is 0 Å². The third kappa shape index (κ3) is 16.7. The fourth-order valence-corrected chi connectivity index (χ4v) is 5.59. The molecule has 0 aliphatic rings. The smallest absolute Gasteiger partial charge is 0.377 e. The van der Waals surface area contributed by atoms with Gasteiger partial charge in [-0.05, 0) is 6.42 Å². The molecule has 0 aliphatic carbocycles. The maximum Gasteiger partial charge on any atom is 0.500 e. The van der Waals surface area contributed by atoms with Gasteiger partial charge in [-0.1, -0.05) is 116 Å². The molecule has 0 rings (SSSR count). The Morgan fingerprint density at radius 2 is 0.667 bits per heavy atom. The van der Waals surface area contributed by atoms with Gasteiger partial charge in [0.25, 0.3) is 0 Å². The van der Waals surface area contributed by atoms with Gasteiger partial charge in [-0.2, -0.15) is 0 Å². The van der Waals surface area contributed by atoms with Gasteiger partial charge in [-0.3, -0.25) is 0 Å². The number of hydrogen-bond donors (Lipinski definition) is 0. The summed E-state index contributed by atoms with van der Waals surface area (Å²) in [7, 11) is 2.78. The zero-order valence-corrected chi connectivity index (χ0v) is 20.2. The lowest BCUT2D eigenvalue weighted by atomic mass is 10.0. The van der Waals surface area contributed by atoms with E-state index in [1.807, 2.05) is 0 Å². The second-order valence-corrected chi connectivity index (χ2v) is 11.1. The molecule has 0 aliphatic heterocycles. The Labute approximate surface area is 172 Å². The van der Waals surface area contributed by atoms with E-state index in [1.165, 1.54) is 109 Å². The summed E-state index contributed by atoms with van der Waals surface area (Å²) in [4.78, 5) is 0. The summed E-state index contributed by atoms with van der Waals surface area (Å²) in [6, 6.07) is 0.940. The van der Waals surface area contributed by atoms with Gasteiger partial charge in [0.15, 0.2) is 0 Å². The lowest BCUT2D eigenvalue weighted by Gasteiger charge is -2.24. The largest absolute Gasteiger partial charge is 0.500 e. The average molecular weight is 403 g/mol. The molecule has 0 spiro atoms. The van der Waals surface area contributed by atoms with Crippen molar-refractivity contribution >= 4 is 8.80 Å². The Hall–Kier alpha value is 0.0969. The van der Waals surface area contributed by atoms with E-state index in [4.69, 9.17) is 13.3 Å². The SMILES string of the molecule is CCCCCCCCCCCCCCCCCCCC[Si](OC)(OC)OC. The Bertz CT molecular complexity index is 275. The molecular weight excluding hydrogens is 352 g/mol. The molecule has 3 nitrogen and oxygen atoms in total. The highest BCUT2D eigenvalue weighted by Crippen LogP contribution is 2.19. The molecule has 0 saturated carbocycles. The lowest BCUT2D eigenvalue weighted by molar-refractivity contribution is 0.122. The van der Waals surface area contributed by atoms with E-state index in [0.717, 1.165) is 12.5 Å². The summed E-state index contributed by atoms with van der Waals surface area (Å²) in [5.74, 6) is 0. The van der Waals surface area contributed by atoms with Crippen LogP contribution in [0.1, 0.15) is 122 Å². The van der Waals surface area contributed by atoms with E-state index < -0.39 is 8.80 Å². The van der Waals surface area contributed by atoms with Crippen molar-refractivity contribution in [2.75, 3.05) is 21.3 Å². The molecule has 0 fully saturated rings. The van der Waals surface area contributed by atoms with Crippen LogP contribution in [0.25, 0.3) is 0 Å². The van der Waals surface area contributed by atoms with Crippen LogP contribution < -0.4 is 0 Å². The highest BCUT2D eigenvalue weighted by Gasteiger charge is 2.36. The van der Waals surface area contributed by atoms with Crippen LogP contribution in [0.15, 0.2) is 0 Å². The lowest BCUT2D eigenvalue weighted by Crippen LogP contribution is -2.42. The van der Waals surface area contributed by atoms with E-state index in [9.17, 15) is 0 Å². The quantitative estimate of drug-likeness (QED) is 0.136. The van der Waals surface area contributed by atoms with Gasteiger partial charge >= 0.3 is 8.80 Å². The van der Waals surface area contributed by atoms with Crippen molar-refractivity contribution < 1.29 is 13.3 Å². The van der Waals surface area contributed by atoms with E-state index in [0.29, 0.717) is 0 Å². The molecule has 0 amide bonds. The van der Waals surface area contributed by atoms with Gasteiger partial charge in [-0.15, -0.1) is 0 Å². The molecule has 0 heterocycles. The van der Waals surface area contributed by atoms with Crippen molar-refractivity contribution in [1.29, 1.82) is 0 Å². The summed E-state index contributed by atoms with van der Waals surface area (Å²) in [5, 5.41) is 0. The number of rotatable bonds is 22. The number of unbranched alkanes of at least 4 members (excludes halogenated alkanes) is 17. The maximum absolute atomic E-state index is 5.46. The van der Waals surface area contributed by atoms with Crippen LogP contribution in [-0.2, 0) is 13.3 Å². The molecule has 0 aromatic rings. The minimum absolute atomic E-state index is 0.940. The second-order valence-electron chi connectivity index (χ2n) is 8.06.